The molecule has 0 aliphatic heterocycles. The molecule has 2 aromatic rings. The predicted octanol–water partition coefficient (Wildman–Crippen LogP) is 3.33. The SMILES string of the molecule is COc1ccc(/C=C(\C(=O)O)c2ccccc2)c(OC)c1. The van der Waals surface area contributed by atoms with Crippen LogP contribution in [-0.2, 0) is 4.79 Å². The van der Waals surface area contributed by atoms with Crippen molar-refractivity contribution in [2.45, 2.75) is 0 Å². The van der Waals surface area contributed by atoms with Crippen molar-refractivity contribution in [2.75, 3.05) is 14.2 Å². The van der Waals surface area contributed by atoms with E-state index in [4.69, 9.17) is 9.47 Å². The minimum atomic E-state index is -0.987. The molecule has 0 heterocycles. The third-order valence-electron chi connectivity index (χ3n) is 3.06. The molecule has 0 atom stereocenters. The zero-order valence-corrected chi connectivity index (χ0v) is 11.9. The first-order valence-electron chi connectivity index (χ1n) is 6.38. The highest BCUT2D eigenvalue weighted by atomic mass is 16.5. The lowest BCUT2D eigenvalue weighted by molar-refractivity contribution is -0.130. The Labute approximate surface area is 123 Å². The predicted molar refractivity (Wildman–Crippen MR) is 81.5 cm³/mol. The molecule has 0 amide bonds. The van der Waals surface area contributed by atoms with Crippen molar-refractivity contribution in [1.82, 2.24) is 0 Å². The van der Waals surface area contributed by atoms with E-state index in [0.29, 0.717) is 22.6 Å². The second-order valence-corrected chi connectivity index (χ2v) is 4.34. The van der Waals surface area contributed by atoms with Crippen LogP contribution in [0, 0.1) is 0 Å². The third-order valence-corrected chi connectivity index (χ3v) is 3.06. The maximum atomic E-state index is 11.5. The van der Waals surface area contributed by atoms with E-state index in [1.807, 2.05) is 6.07 Å². The van der Waals surface area contributed by atoms with E-state index in [1.165, 1.54) is 7.11 Å². The van der Waals surface area contributed by atoms with Crippen molar-refractivity contribution >= 4 is 17.6 Å². The molecule has 0 unspecified atom stereocenters. The molecule has 0 aliphatic rings. The first-order valence-corrected chi connectivity index (χ1v) is 6.38. The van der Waals surface area contributed by atoms with Crippen LogP contribution < -0.4 is 9.47 Å². The van der Waals surface area contributed by atoms with Crippen molar-refractivity contribution in [2.24, 2.45) is 0 Å². The lowest BCUT2D eigenvalue weighted by Crippen LogP contribution is -2.00. The molecule has 2 rings (SSSR count). The number of hydrogen-bond donors (Lipinski definition) is 1. The molecule has 0 saturated heterocycles. The number of ether oxygens (including phenoxy) is 2. The highest BCUT2D eigenvalue weighted by Crippen LogP contribution is 2.28. The Kier molecular flexibility index (Phi) is 4.61. The van der Waals surface area contributed by atoms with E-state index < -0.39 is 5.97 Å². The van der Waals surface area contributed by atoms with Gasteiger partial charge in [0.25, 0.3) is 0 Å². The number of rotatable bonds is 5. The Morgan fingerprint density at radius 2 is 1.76 bits per heavy atom. The summed E-state index contributed by atoms with van der Waals surface area (Å²) in [6.07, 6.45) is 1.59. The fourth-order valence-electron chi connectivity index (χ4n) is 1.98. The number of carbonyl (C=O) groups is 1. The molecule has 2 aromatic carbocycles. The van der Waals surface area contributed by atoms with Gasteiger partial charge in [0.2, 0.25) is 0 Å². The summed E-state index contributed by atoms with van der Waals surface area (Å²) in [6, 6.07) is 14.2. The lowest BCUT2D eigenvalue weighted by atomic mass is 10.0. The molecule has 0 radical (unpaired) electrons. The average Bonchev–Trinajstić information content (AvgIpc) is 2.53. The summed E-state index contributed by atoms with van der Waals surface area (Å²) < 4.78 is 10.4. The van der Waals surface area contributed by atoms with E-state index in [0.717, 1.165) is 0 Å². The zero-order chi connectivity index (χ0) is 15.2. The molecular weight excluding hydrogens is 268 g/mol. The first-order chi connectivity index (χ1) is 10.2. The second-order valence-electron chi connectivity index (χ2n) is 4.34. The van der Waals surface area contributed by atoms with E-state index in [2.05, 4.69) is 0 Å². The molecule has 0 saturated carbocycles. The number of carboxylic acids is 1. The molecule has 0 bridgehead atoms. The topological polar surface area (TPSA) is 55.8 Å². The summed E-state index contributed by atoms with van der Waals surface area (Å²) in [5.41, 5.74) is 1.53. The maximum absolute atomic E-state index is 11.5. The molecule has 0 aliphatic carbocycles. The largest absolute Gasteiger partial charge is 0.497 e. The van der Waals surface area contributed by atoms with E-state index in [-0.39, 0.29) is 5.57 Å². The van der Waals surface area contributed by atoms with Crippen molar-refractivity contribution in [3.05, 3.63) is 59.7 Å². The van der Waals surface area contributed by atoms with Gasteiger partial charge in [0.1, 0.15) is 11.5 Å². The van der Waals surface area contributed by atoms with Crippen LogP contribution in [0.15, 0.2) is 48.5 Å². The van der Waals surface area contributed by atoms with Crippen LogP contribution in [0.3, 0.4) is 0 Å². The summed E-state index contributed by atoms with van der Waals surface area (Å²) in [7, 11) is 3.10. The molecule has 0 fully saturated rings. The monoisotopic (exact) mass is 284 g/mol. The van der Waals surface area contributed by atoms with Gasteiger partial charge in [-0.05, 0) is 23.8 Å². The van der Waals surface area contributed by atoms with Crippen LogP contribution in [0.1, 0.15) is 11.1 Å². The number of hydrogen-bond acceptors (Lipinski definition) is 3. The van der Waals surface area contributed by atoms with Gasteiger partial charge in [-0.2, -0.15) is 0 Å². The van der Waals surface area contributed by atoms with Crippen molar-refractivity contribution in [3.63, 3.8) is 0 Å². The summed E-state index contributed by atoms with van der Waals surface area (Å²) in [5.74, 6) is 0.226. The molecule has 21 heavy (non-hydrogen) atoms. The number of methoxy groups -OCH3 is 2. The van der Waals surface area contributed by atoms with E-state index in [1.54, 1.807) is 55.7 Å². The average molecular weight is 284 g/mol. The van der Waals surface area contributed by atoms with Gasteiger partial charge in [0.05, 0.1) is 19.8 Å². The van der Waals surface area contributed by atoms with Crippen LogP contribution in [0.25, 0.3) is 11.6 Å². The van der Waals surface area contributed by atoms with E-state index >= 15 is 0 Å². The van der Waals surface area contributed by atoms with Gasteiger partial charge in [0, 0.05) is 11.6 Å². The molecule has 4 nitrogen and oxygen atoms in total. The van der Waals surface area contributed by atoms with Gasteiger partial charge in [-0.15, -0.1) is 0 Å². The zero-order valence-electron chi connectivity index (χ0n) is 11.9. The Balaban J connectivity index is 2.51. The Morgan fingerprint density at radius 1 is 1.05 bits per heavy atom. The minimum absolute atomic E-state index is 0.207. The standard InChI is InChI=1S/C17H16O4/c1-20-14-9-8-13(16(11-14)21-2)10-15(17(18)19)12-6-4-3-5-7-12/h3-11H,1-2H3,(H,18,19)/b15-10-. The molecule has 108 valence electrons. The second kappa shape index (κ2) is 6.61. The molecule has 0 spiro atoms. The van der Waals surface area contributed by atoms with Crippen molar-refractivity contribution < 1.29 is 19.4 Å². The quantitative estimate of drug-likeness (QED) is 0.676. The summed E-state index contributed by atoms with van der Waals surface area (Å²) in [6.45, 7) is 0. The third kappa shape index (κ3) is 3.42. The number of carboxylic acid groups (broad SMARTS) is 1. The molecule has 0 aromatic heterocycles. The molecule has 4 heteroatoms. The van der Waals surface area contributed by atoms with Crippen LogP contribution >= 0.6 is 0 Å². The van der Waals surface area contributed by atoms with Gasteiger partial charge in [-0.1, -0.05) is 30.3 Å². The Bertz CT molecular complexity index is 660. The lowest BCUT2D eigenvalue weighted by Gasteiger charge is -2.09. The summed E-state index contributed by atoms with van der Waals surface area (Å²) >= 11 is 0. The Morgan fingerprint density at radius 3 is 2.33 bits per heavy atom. The number of benzene rings is 2. The van der Waals surface area contributed by atoms with Crippen LogP contribution in [-0.4, -0.2) is 25.3 Å². The normalized spacial score (nSPS) is 11.0. The maximum Gasteiger partial charge on any atom is 0.336 e. The fraction of sp³-hybridized carbons (Fsp3) is 0.118. The highest BCUT2D eigenvalue weighted by Gasteiger charge is 2.12. The molecule has 1 N–H and O–H groups in total. The first kappa shape index (κ1) is 14.7. The van der Waals surface area contributed by atoms with Crippen molar-refractivity contribution in [3.8, 4) is 11.5 Å². The van der Waals surface area contributed by atoms with Gasteiger partial charge in [-0.3, -0.25) is 0 Å². The van der Waals surface area contributed by atoms with Crippen LogP contribution in [0.4, 0.5) is 0 Å². The van der Waals surface area contributed by atoms with Gasteiger partial charge in [0.15, 0.2) is 0 Å². The summed E-state index contributed by atoms with van der Waals surface area (Å²) in [4.78, 5) is 11.5. The number of aliphatic carboxylic acids is 1. The smallest absolute Gasteiger partial charge is 0.336 e. The molecular formula is C17H16O4. The van der Waals surface area contributed by atoms with E-state index in [9.17, 15) is 9.90 Å². The van der Waals surface area contributed by atoms with Gasteiger partial charge >= 0.3 is 5.97 Å². The highest BCUT2D eigenvalue weighted by molar-refractivity contribution is 6.20. The minimum Gasteiger partial charge on any atom is -0.497 e. The van der Waals surface area contributed by atoms with Crippen molar-refractivity contribution in [1.29, 1.82) is 0 Å². The van der Waals surface area contributed by atoms with Crippen LogP contribution in [0.2, 0.25) is 0 Å². The van der Waals surface area contributed by atoms with Gasteiger partial charge < -0.3 is 14.6 Å². The Hall–Kier alpha value is -2.75. The summed E-state index contributed by atoms with van der Waals surface area (Å²) in [5, 5.41) is 9.42. The fourth-order valence-corrected chi connectivity index (χ4v) is 1.98. The van der Waals surface area contributed by atoms with Crippen LogP contribution in [0.5, 0.6) is 11.5 Å². The van der Waals surface area contributed by atoms with Gasteiger partial charge in [-0.25, -0.2) is 4.79 Å².